The third-order valence-corrected chi connectivity index (χ3v) is 2.33. The third kappa shape index (κ3) is 4.13. The summed E-state index contributed by atoms with van der Waals surface area (Å²) in [5.41, 5.74) is 0.953. The molecule has 0 aliphatic heterocycles. The van der Waals surface area contributed by atoms with E-state index in [4.69, 9.17) is 5.11 Å². The van der Waals surface area contributed by atoms with Crippen molar-refractivity contribution in [3.8, 4) is 0 Å². The smallest absolute Gasteiger partial charge is 0.404 e. The summed E-state index contributed by atoms with van der Waals surface area (Å²) in [4.78, 5) is 22.0. The van der Waals surface area contributed by atoms with Gasteiger partial charge in [0.25, 0.3) is 0 Å². The minimum atomic E-state index is -1.10. The molecule has 0 aliphatic carbocycles. The predicted molar refractivity (Wildman–Crippen MR) is 60.3 cm³/mol. The Morgan fingerprint density at radius 2 is 1.94 bits per heavy atom. The number of rotatable bonds is 5. The van der Waals surface area contributed by atoms with E-state index in [0.717, 1.165) is 5.56 Å². The highest BCUT2D eigenvalue weighted by molar-refractivity contribution is 5.83. The lowest BCUT2D eigenvalue weighted by Gasteiger charge is -2.09. The van der Waals surface area contributed by atoms with Crippen LogP contribution in [0.15, 0.2) is 30.3 Å². The minimum absolute atomic E-state index is 0.0416. The Hall–Kier alpha value is -1.84. The first-order valence-electron chi connectivity index (χ1n) is 5.13. The van der Waals surface area contributed by atoms with Crippen LogP contribution in [0.25, 0.3) is 0 Å². The van der Waals surface area contributed by atoms with Gasteiger partial charge < -0.3 is 10.4 Å². The summed E-state index contributed by atoms with van der Waals surface area (Å²) in [5.74, 6) is -0.253. The average Bonchev–Trinajstić information content (AvgIpc) is 2.27. The molecular formula is C12H15NO3. The van der Waals surface area contributed by atoms with Gasteiger partial charge >= 0.3 is 6.09 Å². The summed E-state index contributed by atoms with van der Waals surface area (Å²) in [6.45, 7) is 1.89. The highest BCUT2D eigenvalue weighted by Crippen LogP contribution is 2.05. The first-order chi connectivity index (χ1) is 7.59. The van der Waals surface area contributed by atoms with Gasteiger partial charge in [-0.15, -0.1) is 0 Å². The SMILES string of the molecule is C[C@H](CNC(=O)O)C(=O)Cc1ccccc1. The molecule has 0 aliphatic rings. The zero-order valence-electron chi connectivity index (χ0n) is 9.14. The Bertz CT molecular complexity index is 362. The van der Waals surface area contributed by atoms with Crippen LogP contribution >= 0.6 is 0 Å². The molecule has 0 unspecified atom stereocenters. The summed E-state index contributed by atoms with van der Waals surface area (Å²) in [6.07, 6.45) is -0.747. The molecule has 0 aromatic heterocycles. The van der Waals surface area contributed by atoms with Crippen molar-refractivity contribution < 1.29 is 14.7 Å². The molecule has 4 heteroatoms. The van der Waals surface area contributed by atoms with Crippen molar-refractivity contribution in [1.29, 1.82) is 0 Å². The van der Waals surface area contributed by atoms with Crippen molar-refractivity contribution in [1.82, 2.24) is 5.32 Å². The topological polar surface area (TPSA) is 66.4 Å². The van der Waals surface area contributed by atoms with E-state index in [-0.39, 0.29) is 18.2 Å². The van der Waals surface area contributed by atoms with Gasteiger partial charge in [0.05, 0.1) is 0 Å². The normalized spacial score (nSPS) is 11.8. The van der Waals surface area contributed by atoms with Crippen molar-refractivity contribution in [3.05, 3.63) is 35.9 Å². The van der Waals surface area contributed by atoms with E-state index in [0.29, 0.717) is 6.42 Å². The molecule has 2 N–H and O–H groups in total. The highest BCUT2D eigenvalue weighted by Gasteiger charge is 2.13. The van der Waals surface area contributed by atoms with E-state index < -0.39 is 6.09 Å². The van der Waals surface area contributed by atoms with Crippen LogP contribution in [0.1, 0.15) is 12.5 Å². The zero-order chi connectivity index (χ0) is 12.0. The molecule has 0 radical (unpaired) electrons. The van der Waals surface area contributed by atoms with Crippen molar-refractivity contribution >= 4 is 11.9 Å². The molecule has 1 amide bonds. The maximum Gasteiger partial charge on any atom is 0.404 e. The number of Topliss-reactive ketones (excluding diaryl/α,β-unsaturated/α-hetero) is 1. The standard InChI is InChI=1S/C12H15NO3/c1-9(8-13-12(15)16)11(14)7-10-5-3-2-4-6-10/h2-6,9,13H,7-8H2,1H3,(H,15,16)/t9-/m1/s1. The highest BCUT2D eigenvalue weighted by atomic mass is 16.4. The molecule has 0 saturated heterocycles. The fourth-order valence-corrected chi connectivity index (χ4v) is 1.33. The molecule has 1 aromatic carbocycles. The Morgan fingerprint density at radius 1 is 1.31 bits per heavy atom. The number of carbonyl (C=O) groups is 2. The molecule has 16 heavy (non-hydrogen) atoms. The van der Waals surface area contributed by atoms with Crippen LogP contribution in [-0.4, -0.2) is 23.5 Å². The van der Waals surface area contributed by atoms with E-state index in [1.165, 1.54) is 0 Å². The van der Waals surface area contributed by atoms with Crippen LogP contribution in [0.2, 0.25) is 0 Å². The second kappa shape index (κ2) is 5.90. The molecule has 0 fully saturated rings. The van der Waals surface area contributed by atoms with Gasteiger partial charge in [-0.25, -0.2) is 4.79 Å². The van der Waals surface area contributed by atoms with Gasteiger partial charge in [0.1, 0.15) is 5.78 Å². The van der Waals surface area contributed by atoms with E-state index >= 15 is 0 Å². The van der Waals surface area contributed by atoms with Crippen LogP contribution < -0.4 is 5.32 Å². The summed E-state index contributed by atoms with van der Waals surface area (Å²) >= 11 is 0. The largest absolute Gasteiger partial charge is 0.465 e. The van der Waals surface area contributed by atoms with Gasteiger partial charge in [0.15, 0.2) is 0 Å². The fraction of sp³-hybridized carbons (Fsp3) is 0.333. The Morgan fingerprint density at radius 3 is 2.50 bits per heavy atom. The van der Waals surface area contributed by atoms with Gasteiger partial charge in [-0.05, 0) is 5.56 Å². The Balaban J connectivity index is 2.43. The summed E-state index contributed by atoms with van der Waals surface area (Å²) in [7, 11) is 0. The van der Waals surface area contributed by atoms with E-state index in [2.05, 4.69) is 5.32 Å². The van der Waals surface area contributed by atoms with Crippen molar-refractivity contribution in [3.63, 3.8) is 0 Å². The molecule has 86 valence electrons. The minimum Gasteiger partial charge on any atom is -0.465 e. The van der Waals surface area contributed by atoms with Crippen LogP contribution in [0.4, 0.5) is 4.79 Å². The maximum absolute atomic E-state index is 11.7. The maximum atomic E-state index is 11.7. The van der Waals surface area contributed by atoms with Crippen molar-refractivity contribution in [2.24, 2.45) is 5.92 Å². The summed E-state index contributed by atoms with van der Waals surface area (Å²) in [6, 6.07) is 9.42. The molecule has 0 saturated carbocycles. The number of nitrogens with one attached hydrogen (secondary N) is 1. The number of amides is 1. The van der Waals surface area contributed by atoms with Crippen LogP contribution in [0, 0.1) is 5.92 Å². The monoisotopic (exact) mass is 221 g/mol. The lowest BCUT2D eigenvalue weighted by atomic mass is 9.99. The Labute approximate surface area is 94.3 Å². The summed E-state index contributed by atoms with van der Waals surface area (Å²) in [5, 5.41) is 10.6. The lowest BCUT2D eigenvalue weighted by Crippen LogP contribution is -2.30. The first-order valence-corrected chi connectivity index (χ1v) is 5.13. The second-order valence-corrected chi connectivity index (χ2v) is 3.72. The van der Waals surface area contributed by atoms with Crippen molar-refractivity contribution in [2.45, 2.75) is 13.3 Å². The number of hydrogen-bond donors (Lipinski definition) is 2. The predicted octanol–water partition coefficient (Wildman–Crippen LogP) is 1.70. The van der Waals surface area contributed by atoms with Crippen LogP contribution in [0.3, 0.4) is 0 Å². The van der Waals surface area contributed by atoms with Crippen LogP contribution in [-0.2, 0) is 11.2 Å². The molecule has 4 nitrogen and oxygen atoms in total. The summed E-state index contributed by atoms with van der Waals surface area (Å²) < 4.78 is 0. The quantitative estimate of drug-likeness (QED) is 0.795. The van der Waals surface area contributed by atoms with E-state index in [1.807, 2.05) is 30.3 Å². The number of hydrogen-bond acceptors (Lipinski definition) is 2. The molecule has 1 aromatic rings. The molecule has 0 heterocycles. The molecule has 1 rings (SSSR count). The number of carbonyl (C=O) groups excluding carboxylic acids is 1. The lowest BCUT2D eigenvalue weighted by molar-refractivity contribution is -0.121. The average molecular weight is 221 g/mol. The second-order valence-electron chi connectivity index (χ2n) is 3.72. The molecule has 0 spiro atoms. The van der Waals surface area contributed by atoms with Gasteiger partial charge in [-0.2, -0.15) is 0 Å². The number of carboxylic acid groups (broad SMARTS) is 1. The van der Waals surface area contributed by atoms with Gasteiger partial charge in [0.2, 0.25) is 0 Å². The molecule has 0 bridgehead atoms. The van der Waals surface area contributed by atoms with Gasteiger partial charge in [-0.3, -0.25) is 4.79 Å². The van der Waals surface area contributed by atoms with Gasteiger partial charge in [0, 0.05) is 18.9 Å². The first kappa shape index (κ1) is 12.2. The third-order valence-electron chi connectivity index (χ3n) is 2.33. The van der Waals surface area contributed by atoms with Crippen molar-refractivity contribution in [2.75, 3.05) is 6.54 Å². The fourth-order valence-electron chi connectivity index (χ4n) is 1.33. The number of ketones is 1. The Kier molecular flexibility index (Phi) is 4.51. The van der Waals surface area contributed by atoms with E-state index in [9.17, 15) is 9.59 Å². The van der Waals surface area contributed by atoms with Crippen LogP contribution in [0.5, 0.6) is 0 Å². The van der Waals surface area contributed by atoms with Gasteiger partial charge in [-0.1, -0.05) is 37.3 Å². The zero-order valence-corrected chi connectivity index (χ0v) is 9.14. The molecular weight excluding hydrogens is 206 g/mol. The molecule has 1 atom stereocenters. The number of benzene rings is 1. The van der Waals surface area contributed by atoms with E-state index in [1.54, 1.807) is 6.92 Å².